The van der Waals surface area contributed by atoms with E-state index in [2.05, 4.69) is 20.7 Å². The van der Waals surface area contributed by atoms with Gasteiger partial charge in [0.1, 0.15) is 0 Å². The first-order valence-electron chi connectivity index (χ1n) is 8.12. The number of hydrogen-bond donors (Lipinski definition) is 2. The molecule has 6 nitrogen and oxygen atoms in total. The van der Waals surface area contributed by atoms with Gasteiger partial charge in [-0.15, -0.1) is 23.7 Å². The number of hydrogen-bond acceptors (Lipinski definition) is 5. The second-order valence-corrected chi connectivity index (χ2v) is 7.13. The third kappa shape index (κ3) is 3.68. The zero-order chi connectivity index (χ0) is 16.5. The normalized spacial score (nSPS) is 15.1. The Kier molecular flexibility index (Phi) is 5.36. The molecule has 3 aromatic rings. The van der Waals surface area contributed by atoms with Gasteiger partial charge in [0, 0.05) is 17.7 Å². The summed E-state index contributed by atoms with van der Waals surface area (Å²) in [5.41, 5.74) is 0. The number of anilines is 1. The van der Waals surface area contributed by atoms with Crippen LogP contribution in [0.15, 0.2) is 30.3 Å². The molecular weight excluding hydrogens is 358 g/mol. The lowest BCUT2D eigenvalue weighted by atomic mass is 9.98. The minimum Gasteiger partial charge on any atom is -0.317 e. The number of nitrogens with zero attached hydrogens (tertiary/aromatic N) is 3. The molecule has 1 aromatic carbocycles. The molecule has 0 saturated carbocycles. The Labute approximate surface area is 156 Å². The van der Waals surface area contributed by atoms with E-state index in [0.29, 0.717) is 16.7 Å². The van der Waals surface area contributed by atoms with E-state index in [0.717, 1.165) is 41.8 Å². The van der Waals surface area contributed by atoms with E-state index in [1.807, 2.05) is 37.4 Å². The number of amides is 1. The van der Waals surface area contributed by atoms with Crippen molar-refractivity contribution in [2.24, 2.45) is 7.05 Å². The van der Waals surface area contributed by atoms with E-state index in [9.17, 15) is 4.79 Å². The summed E-state index contributed by atoms with van der Waals surface area (Å²) in [4.78, 5) is 17.8. The summed E-state index contributed by atoms with van der Waals surface area (Å²) in [5, 5.41) is 11.8. The Balaban J connectivity index is 0.00000182. The molecule has 0 bridgehead atoms. The molecule has 1 aliphatic rings. The smallest absolute Gasteiger partial charge is 0.268 e. The third-order valence-electron chi connectivity index (χ3n) is 4.36. The minimum absolute atomic E-state index is 0. The minimum atomic E-state index is -0.136. The molecule has 25 heavy (non-hydrogen) atoms. The number of fused-ring (bicyclic) bond motifs is 1. The van der Waals surface area contributed by atoms with Crippen LogP contribution in [-0.2, 0) is 7.05 Å². The van der Waals surface area contributed by atoms with Crippen molar-refractivity contribution in [3.8, 4) is 0 Å². The van der Waals surface area contributed by atoms with Crippen molar-refractivity contribution in [1.29, 1.82) is 0 Å². The Morgan fingerprint density at radius 2 is 2.08 bits per heavy atom. The predicted molar refractivity (Wildman–Crippen MR) is 103 cm³/mol. The lowest BCUT2D eigenvalue weighted by molar-refractivity contribution is 0.102. The lowest BCUT2D eigenvalue weighted by Crippen LogP contribution is -2.27. The van der Waals surface area contributed by atoms with Crippen molar-refractivity contribution >= 4 is 45.7 Å². The number of rotatable bonds is 3. The molecule has 4 rings (SSSR count). The van der Waals surface area contributed by atoms with Gasteiger partial charge < -0.3 is 5.32 Å². The second-order valence-electron chi connectivity index (χ2n) is 6.04. The topological polar surface area (TPSA) is 71.8 Å². The van der Waals surface area contributed by atoms with Crippen molar-refractivity contribution in [2.45, 2.75) is 18.8 Å². The van der Waals surface area contributed by atoms with Crippen LogP contribution < -0.4 is 10.6 Å². The number of aromatic nitrogens is 3. The maximum Gasteiger partial charge on any atom is 0.268 e. The standard InChI is InChI=1S/C17H19N5OS.ClH/c1-22-17(19-15(21-22)11-6-8-18-9-7-11)20-16(23)14-10-12-4-2-3-5-13(12)24-14;/h2-5,10-11,18H,6-9H2,1H3,(H,19,20,21,23);1H. The molecule has 0 unspecified atom stereocenters. The van der Waals surface area contributed by atoms with Gasteiger partial charge in [-0.05, 0) is 43.5 Å². The lowest BCUT2D eigenvalue weighted by Gasteiger charge is -2.19. The van der Waals surface area contributed by atoms with Gasteiger partial charge in [0.15, 0.2) is 5.82 Å². The summed E-state index contributed by atoms with van der Waals surface area (Å²) in [7, 11) is 1.82. The van der Waals surface area contributed by atoms with Crippen LogP contribution in [0.1, 0.15) is 34.3 Å². The summed E-state index contributed by atoms with van der Waals surface area (Å²) in [6.45, 7) is 1.98. The fourth-order valence-corrected chi connectivity index (χ4v) is 3.98. The Morgan fingerprint density at radius 3 is 2.84 bits per heavy atom. The molecule has 8 heteroatoms. The van der Waals surface area contributed by atoms with Gasteiger partial charge in [0.2, 0.25) is 5.95 Å². The second kappa shape index (κ2) is 7.51. The van der Waals surface area contributed by atoms with Gasteiger partial charge in [-0.3, -0.25) is 10.1 Å². The van der Waals surface area contributed by atoms with Crippen LogP contribution in [0, 0.1) is 0 Å². The monoisotopic (exact) mass is 377 g/mol. The summed E-state index contributed by atoms with van der Waals surface area (Å²) in [6.07, 6.45) is 2.07. The van der Waals surface area contributed by atoms with Crippen molar-refractivity contribution in [2.75, 3.05) is 18.4 Å². The maximum absolute atomic E-state index is 12.5. The number of aryl methyl sites for hydroxylation is 1. The Bertz CT molecular complexity index is 851. The van der Waals surface area contributed by atoms with Crippen LogP contribution >= 0.6 is 23.7 Å². The SMILES string of the molecule is Cl.Cn1nc(C2CCNCC2)nc1NC(=O)c1cc2ccccc2s1. The Hall–Kier alpha value is -1.96. The first-order valence-corrected chi connectivity index (χ1v) is 8.94. The first kappa shape index (κ1) is 17.8. The van der Waals surface area contributed by atoms with Gasteiger partial charge in [0.25, 0.3) is 5.91 Å². The highest BCUT2D eigenvalue weighted by atomic mass is 35.5. The number of halogens is 1. The van der Waals surface area contributed by atoms with Crippen molar-refractivity contribution in [3.05, 3.63) is 41.0 Å². The van der Waals surface area contributed by atoms with E-state index in [1.54, 1.807) is 4.68 Å². The van der Waals surface area contributed by atoms with E-state index in [4.69, 9.17) is 0 Å². The van der Waals surface area contributed by atoms with Gasteiger partial charge in [-0.25, -0.2) is 4.68 Å². The van der Waals surface area contributed by atoms with E-state index < -0.39 is 0 Å². The largest absolute Gasteiger partial charge is 0.317 e. The third-order valence-corrected chi connectivity index (χ3v) is 5.47. The van der Waals surface area contributed by atoms with Gasteiger partial charge >= 0.3 is 0 Å². The zero-order valence-electron chi connectivity index (χ0n) is 13.9. The molecule has 1 fully saturated rings. The summed E-state index contributed by atoms with van der Waals surface area (Å²) in [5.74, 6) is 1.56. The molecule has 0 spiro atoms. The average molecular weight is 378 g/mol. The predicted octanol–water partition coefficient (Wildman–Crippen LogP) is 3.17. The first-order chi connectivity index (χ1) is 11.7. The molecular formula is C17H20ClN5OS. The molecule has 3 heterocycles. The number of carbonyl (C=O) groups is 1. The average Bonchev–Trinajstić information content (AvgIpc) is 3.20. The van der Waals surface area contributed by atoms with Gasteiger partial charge in [-0.2, -0.15) is 10.1 Å². The Morgan fingerprint density at radius 1 is 1.32 bits per heavy atom. The fourth-order valence-electron chi connectivity index (χ4n) is 3.02. The van der Waals surface area contributed by atoms with Crippen LogP contribution in [0.4, 0.5) is 5.95 Å². The molecule has 0 radical (unpaired) electrons. The zero-order valence-corrected chi connectivity index (χ0v) is 15.5. The van der Waals surface area contributed by atoms with Crippen LogP contribution in [0.25, 0.3) is 10.1 Å². The van der Waals surface area contributed by atoms with Crippen molar-refractivity contribution in [1.82, 2.24) is 20.1 Å². The molecule has 1 saturated heterocycles. The number of piperidine rings is 1. The molecule has 1 aliphatic heterocycles. The highest BCUT2D eigenvalue weighted by Crippen LogP contribution is 2.26. The van der Waals surface area contributed by atoms with E-state index >= 15 is 0 Å². The van der Waals surface area contributed by atoms with Crippen LogP contribution in [0.3, 0.4) is 0 Å². The highest BCUT2D eigenvalue weighted by molar-refractivity contribution is 7.20. The highest BCUT2D eigenvalue weighted by Gasteiger charge is 2.21. The summed E-state index contributed by atoms with van der Waals surface area (Å²) < 4.78 is 2.76. The van der Waals surface area contributed by atoms with Gasteiger partial charge in [-0.1, -0.05) is 18.2 Å². The molecule has 0 aliphatic carbocycles. The quantitative estimate of drug-likeness (QED) is 0.735. The van der Waals surface area contributed by atoms with Crippen LogP contribution in [-0.4, -0.2) is 33.8 Å². The fraction of sp³-hybridized carbons (Fsp3) is 0.353. The van der Waals surface area contributed by atoms with Crippen LogP contribution in [0.5, 0.6) is 0 Å². The van der Waals surface area contributed by atoms with E-state index in [-0.39, 0.29) is 18.3 Å². The van der Waals surface area contributed by atoms with E-state index in [1.165, 1.54) is 11.3 Å². The number of benzene rings is 1. The number of thiophene rings is 1. The molecule has 2 aromatic heterocycles. The molecule has 0 atom stereocenters. The summed E-state index contributed by atoms with van der Waals surface area (Å²) in [6, 6.07) is 9.91. The molecule has 2 N–H and O–H groups in total. The summed E-state index contributed by atoms with van der Waals surface area (Å²) >= 11 is 1.49. The van der Waals surface area contributed by atoms with Crippen molar-refractivity contribution in [3.63, 3.8) is 0 Å². The van der Waals surface area contributed by atoms with Crippen molar-refractivity contribution < 1.29 is 4.79 Å². The van der Waals surface area contributed by atoms with Crippen LogP contribution in [0.2, 0.25) is 0 Å². The maximum atomic E-state index is 12.5. The molecule has 1 amide bonds. The number of nitrogens with one attached hydrogen (secondary N) is 2. The van der Waals surface area contributed by atoms with Gasteiger partial charge in [0.05, 0.1) is 4.88 Å². The molecule has 132 valence electrons. The number of carbonyl (C=O) groups excluding carboxylic acids is 1.